The summed E-state index contributed by atoms with van der Waals surface area (Å²) in [6.07, 6.45) is 1.79. The van der Waals surface area contributed by atoms with Crippen LogP contribution in [0.3, 0.4) is 0 Å². The summed E-state index contributed by atoms with van der Waals surface area (Å²) in [7, 11) is 0. The monoisotopic (exact) mass is 401 g/mol. The van der Waals surface area contributed by atoms with Crippen molar-refractivity contribution in [2.24, 2.45) is 5.10 Å². The van der Waals surface area contributed by atoms with Gasteiger partial charge in [0.15, 0.2) is 0 Å². The van der Waals surface area contributed by atoms with E-state index < -0.39 is 0 Å². The molecule has 1 aliphatic rings. The van der Waals surface area contributed by atoms with Gasteiger partial charge in [-0.2, -0.15) is 5.10 Å². The molecule has 1 saturated heterocycles. The number of likely N-dealkylation sites (tertiary alicyclic amines) is 1. The lowest BCUT2D eigenvalue weighted by Crippen LogP contribution is -2.35. The van der Waals surface area contributed by atoms with Gasteiger partial charge in [0, 0.05) is 48.1 Å². The van der Waals surface area contributed by atoms with E-state index in [0.717, 1.165) is 43.1 Å². The van der Waals surface area contributed by atoms with Crippen molar-refractivity contribution >= 4 is 35.0 Å². The highest BCUT2D eigenvalue weighted by atomic mass is 35.5. The molecule has 3 rings (SSSR count). The van der Waals surface area contributed by atoms with Crippen LogP contribution in [0.2, 0.25) is 5.02 Å². The molecule has 1 N–H and O–H groups in total. The maximum Gasteiger partial charge on any atom is 0.253 e. The van der Waals surface area contributed by atoms with E-state index in [1.807, 2.05) is 37.3 Å². The summed E-state index contributed by atoms with van der Waals surface area (Å²) < 4.78 is 0. The number of nitrogens with one attached hydrogen (secondary N) is 1. The number of hydrogen-bond donors (Lipinski definition) is 1. The largest absolute Gasteiger partial charge is 0.298 e. The van der Waals surface area contributed by atoms with Crippen molar-refractivity contribution in [3.05, 3.63) is 65.2 Å². The quantitative estimate of drug-likeness (QED) is 0.568. The molecule has 0 bridgehead atoms. The number of piperidine rings is 1. The fraction of sp³-hybridized carbons (Fsp3) is 0.333. The summed E-state index contributed by atoms with van der Waals surface area (Å²) in [5.41, 5.74) is 5.13. The van der Waals surface area contributed by atoms with Crippen LogP contribution >= 0.6 is 23.4 Å². The van der Waals surface area contributed by atoms with E-state index in [1.54, 1.807) is 0 Å². The highest BCUT2D eigenvalue weighted by Crippen LogP contribution is 2.24. The third-order valence-corrected chi connectivity index (χ3v) is 5.87. The Morgan fingerprint density at radius 3 is 2.48 bits per heavy atom. The van der Waals surface area contributed by atoms with Crippen LogP contribution in [-0.4, -0.2) is 34.9 Å². The second kappa shape index (κ2) is 9.93. The van der Waals surface area contributed by atoms with Crippen molar-refractivity contribution in [3.8, 4) is 0 Å². The van der Waals surface area contributed by atoms with Crippen LogP contribution < -0.4 is 5.43 Å². The first kappa shape index (κ1) is 19.9. The van der Waals surface area contributed by atoms with Crippen LogP contribution in [0, 0.1) is 0 Å². The normalized spacial score (nSPS) is 16.0. The Bertz CT molecular complexity index is 770. The Labute approximate surface area is 170 Å². The minimum absolute atomic E-state index is 0.0748. The first-order valence-electron chi connectivity index (χ1n) is 9.14. The van der Waals surface area contributed by atoms with Gasteiger partial charge in [-0.15, -0.1) is 11.8 Å². The van der Waals surface area contributed by atoms with Crippen LogP contribution in [0.4, 0.5) is 0 Å². The Balaban J connectivity index is 1.43. The predicted molar refractivity (Wildman–Crippen MR) is 113 cm³/mol. The Morgan fingerprint density at radius 1 is 1.15 bits per heavy atom. The molecule has 1 atom stereocenters. The fourth-order valence-corrected chi connectivity index (χ4v) is 3.91. The molecule has 0 saturated carbocycles. The number of carbonyl (C=O) groups is 1. The van der Waals surface area contributed by atoms with Gasteiger partial charge in [-0.25, -0.2) is 5.43 Å². The van der Waals surface area contributed by atoms with Crippen molar-refractivity contribution in [3.63, 3.8) is 0 Å². The zero-order valence-corrected chi connectivity index (χ0v) is 17.0. The van der Waals surface area contributed by atoms with Crippen molar-refractivity contribution in [1.82, 2.24) is 10.3 Å². The summed E-state index contributed by atoms with van der Waals surface area (Å²) in [6, 6.07) is 18.0. The number of thioether (sulfide) groups is 1. The maximum absolute atomic E-state index is 12.3. The highest BCUT2D eigenvalue weighted by molar-refractivity contribution is 8.00. The van der Waals surface area contributed by atoms with Crippen molar-refractivity contribution < 1.29 is 4.79 Å². The maximum atomic E-state index is 12.3. The summed E-state index contributed by atoms with van der Waals surface area (Å²) in [5, 5.41) is 4.84. The molecule has 0 aliphatic carbocycles. The van der Waals surface area contributed by atoms with Gasteiger partial charge in [0.25, 0.3) is 5.91 Å². The number of rotatable bonds is 6. The number of benzene rings is 2. The average Bonchev–Trinajstić information content (AvgIpc) is 2.69. The first-order chi connectivity index (χ1) is 13.1. The first-order valence-corrected chi connectivity index (χ1v) is 10.4. The van der Waals surface area contributed by atoms with Gasteiger partial charge in [-0.1, -0.05) is 41.9 Å². The lowest BCUT2D eigenvalue weighted by Gasteiger charge is -2.27. The third kappa shape index (κ3) is 6.38. The van der Waals surface area contributed by atoms with E-state index >= 15 is 0 Å². The predicted octanol–water partition coefficient (Wildman–Crippen LogP) is 4.59. The van der Waals surface area contributed by atoms with Gasteiger partial charge in [0.2, 0.25) is 0 Å². The van der Waals surface area contributed by atoms with E-state index in [-0.39, 0.29) is 11.2 Å². The van der Waals surface area contributed by atoms with Crippen molar-refractivity contribution in [1.29, 1.82) is 0 Å². The molecule has 2 aromatic carbocycles. The van der Waals surface area contributed by atoms with Crippen molar-refractivity contribution in [2.75, 3.05) is 13.1 Å². The lowest BCUT2D eigenvalue weighted by molar-refractivity contribution is -0.120. The van der Waals surface area contributed by atoms with E-state index in [1.165, 1.54) is 17.3 Å². The summed E-state index contributed by atoms with van der Waals surface area (Å²) in [5.74, 6) is -0.0748. The molecule has 1 amide bonds. The Kier molecular flexibility index (Phi) is 7.33. The van der Waals surface area contributed by atoms with Gasteiger partial charge in [0.05, 0.1) is 5.25 Å². The minimum Gasteiger partial charge on any atom is -0.298 e. The number of carbonyl (C=O) groups excluding carboxylic acids is 1. The van der Waals surface area contributed by atoms with Crippen LogP contribution in [0.15, 0.2) is 64.6 Å². The average molecular weight is 402 g/mol. The van der Waals surface area contributed by atoms with Crippen LogP contribution in [0.1, 0.15) is 25.3 Å². The third-order valence-electron chi connectivity index (χ3n) is 4.50. The second-order valence-electron chi connectivity index (χ2n) is 6.63. The lowest BCUT2D eigenvalue weighted by atomic mass is 10.1. The summed E-state index contributed by atoms with van der Waals surface area (Å²) in [6.45, 7) is 4.80. The van der Waals surface area contributed by atoms with Crippen LogP contribution in [0.25, 0.3) is 0 Å². The number of hydrogen-bond acceptors (Lipinski definition) is 4. The molecule has 0 radical (unpaired) electrons. The number of hydrazone groups is 1. The molecule has 142 valence electrons. The number of nitrogens with zero attached hydrogens (tertiary/aromatic N) is 2. The second-order valence-corrected chi connectivity index (χ2v) is 8.48. The molecule has 6 heteroatoms. The molecule has 2 aromatic rings. The topological polar surface area (TPSA) is 44.7 Å². The molecular formula is C21H24ClN3OS. The SMILES string of the molecule is C[C@@H](Sc1ccc(Cl)cc1)C(=O)NN=C1CCN(Cc2ccccc2)CC1. The van der Waals surface area contributed by atoms with Crippen LogP contribution in [-0.2, 0) is 11.3 Å². The Morgan fingerprint density at radius 2 is 1.81 bits per heavy atom. The Hall–Kier alpha value is -1.82. The van der Waals surface area contributed by atoms with E-state index in [2.05, 4.69) is 39.7 Å². The zero-order valence-electron chi connectivity index (χ0n) is 15.4. The fourth-order valence-electron chi connectivity index (χ4n) is 2.92. The van der Waals surface area contributed by atoms with Gasteiger partial charge in [-0.05, 0) is 36.8 Å². The van der Waals surface area contributed by atoms with Gasteiger partial charge in [0.1, 0.15) is 0 Å². The molecule has 0 spiro atoms. The van der Waals surface area contributed by atoms with Gasteiger partial charge < -0.3 is 0 Å². The summed E-state index contributed by atoms with van der Waals surface area (Å²) in [4.78, 5) is 15.7. The standard InChI is InChI=1S/C21H24ClN3OS/c1-16(27-20-9-7-18(22)8-10-20)21(26)24-23-19-11-13-25(14-12-19)15-17-5-3-2-4-6-17/h2-10,16H,11-15H2,1H3,(H,24,26)/t16-/m1/s1. The molecule has 1 aliphatic heterocycles. The van der Waals surface area contributed by atoms with E-state index in [9.17, 15) is 4.79 Å². The van der Waals surface area contributed by atoms with Crippen molar-refractivity contribution in [2.45, 2.75) is 36.5 Å². The molecular weight excluding hydrogens is 378 g/mol. The van der Waals surface area contributed by atoms with Gasteiger partial charge in [-0.3, -0.25) is 9.69 Å². The van der Waals surface area contributed by atoms with Gasteiger partial charge >= 0.3 is 0 Å². The molecule has 4 nitrogen and oxygen atoms in total. The smallest absolute Gasteiger partial charge is 0.253 e. The molecule has 1 heterocycles. The number of halogens is 1. The number of amides is 1. The van der Waals surface area contributed by atoms with Crippen LogP contribution in [0.5, 0.6) is 0 Å². The van der Waals surface area contributed by atoms with E-state index in [4.69, 9.17) is 11.6 Å². The molecule has 1 fully saturated rings. The zero-order chi connectivity index (χ0) is 19.1. The minimum atomic E-state index is -0.214. The van der Waals surface area contributed by atoms with E-state index in [0.29, 0.717) is 5.02 Å². The molecule has 0 unspecified atom stereocenters. The molecule has 27 heavy (non-hydrogen) atoms. The summed E-state index contributed by atoms with van der Waals surface area (Å²) >= 11 is 7.39. The molecule has 0 aromatic heterocycles. The highest BCUT2D eigenvalue weighted by Gasteiger charge is 2.17.